The molecule has 1 saturated heterocycles. The minimum absolute atomic E-state index is 0.113. The first-order valence-electron chi connectivity index (χ1n) is 14.8. The quantitative estimate of drug-likeness (QED) is 0.241. The highest BCUT2D eigenvalue weighted by molar-refractivity contribution is 5.76. The van der Waals surface area contributed by atoms with Gasteiger partial charge in [0.1, 0.15) is 30.4 Å². The second-order valence-corrected chi connectivity index (χ2v) is 10.6. The second kappa shape index (κ2) is 17.6. The summed E-state index contributed by atoms with van der Waals surface area (Å²) in [6.45, 7) is 2.52. The van der Waals surface area contributed by atoms with E-state index in [1.165, 1.54) is 14.2 Å². The standard InChI is InChI=1S/C34H42N2O9/c1-23(28(35)32(37)39-2)44-33-29(36-34(38)40-3)31(43-21-26-17-11-6-12-18-26)30(42-20-25-15-9-5-10-16-25)27(45-33)22-41-19-24-13-7-4-8-14-24/h4-18,23,27-31,33H,19-22,35H2,1-3H3,(H,36,38)/t23-,27-,28+,29-,30+,31-,33+/m1/s1. The summed E-state index contributed by atoms with van der Waals surface area (Å²) in [6.07, 6.45) is -4.95. The van der Waals surface area contributed by atoms with Crippen molar-refractivity contribution in [2.45, 2.75) is 69.5 Å². The zero-order valence-corrected chi connectivity index (χ0v) is 25.8. The highest BCUT2D eigenvalue weighted by Crippen LogP contribution is 2.30. The van der Waals surface area contributed by atoms with E-state index < -0.39 is 54.9 Å². The number of methoxy groups -OCH3 is 2. The number of rotatable bonds is 15. The Morgan fingerprint density at radius 2 is 1.29 bits per heavy atom. The van der Waals surface area contributed by atoms with Gasteiger partial charge in [-0.25, -0.2) is 4.79 Å². The molecule has 3 aromatic rings. The third-order valence-electron chi connectivity index (χ3n) is 7.41. The Morgan fingerprint density at radius 3 is 1.80 bits per heavy atom. The van der Waals surface area contributed by atoms with E-state index in [0.29, 0.717) is 6.61 Å². The molecule has 1 aliphatic rings. The predicted octanol–water partition coefficient (Wildman–Crippen LogP) is 3.73. The van der Waals surface area contributed by atoms with Crippen molar-refractivity contribution in [1.82, 2.24) is 5.32 Å². The van der Waals surface area contributed by atoms with Crippen molar-refractivity contribution >= 4 is 12.1 Å². The number of carbonyl (C=O) groups is 2. The Balaban J connectivity index is 1.66. The second-order valence-electron chi connectivity index (χ2n) is 10.6. The summed E-state index contributed by atoms with van der Waals surface area (Å²) in [4.78, 5) is 24.9. The molecular weight excluding hydrogens is 580 g/mol. The van der Waals surface area contributed by atoms with Gasteiger partial charge in [0.15, 0.2) is 6.29 Å². The van der Waals surface area contributed by atoms with Gasteiger partial charge in [-0.1, -0.05) is 91.0 Å². The normalized spacial score (nSPS) is 22.6. The molecule has 0 spiro atoms. The lowest BCUT2D eigenvalue weighted by molar-refractivity contribution is -0.299. The molecule has 1 aliphatic heterocycles. The number of benzene rings is 3. The van der Waals surface area contributed by atoms with Crippen LogP contribution in [0.4, 0.5) is 4.79 Å². The topological polar surface area (TPSA) is 137 Å². The molecule has 1 heterocycles. The molecule has 3 N–H and O–H groups in total. The maximum atomic E-state index is 12.7. The summed E-state index contributed by atoms with van der Waals surface area (Å²) in [5.74, 6) is -0.653. The third-order valence-corrected chi connectivity index (χ3v) is 7.41. The number of hydrogen-bond donors (Lipinski definition) is 2. The highest BCUT2D eigenvalue weighted by Gasteiger charge is 2.50. The molecule has 1 amide bonds. The van der Waals surface area contributed by atoms with Crippen molar-refractivity contribution in [3.8, 4) is 0 Å². The summed E-state index contributed by atoms with van der Waals surface area (Å²) in [7, 11) is 2.50. The fourth-order valence-electron chi connectivity index (χ4n) is 4.93. The maximum absolute atomic E-state index is 12.7. The number of alkyl carbamates (subject to hydrolysis) is 1. The molecule has 4 rings (SSSR count). The molecule has 45 heavy (non-hydrogen) atoms. The van der Waals surface area contributed by atoms with Crippen molar-refractivity contribution in [3.63, 3.8) is 0 Å². The van der Waals surface area contributed by atoms with Crippen LogP contribution in [-0.2, 0) is 57.8 Å². The molecule has 11 heteroatoms. The van der Waals surface area contributed by atoms with Crippen molar-refractivity contribution in [2.24, 2.45) is 5.73 Å². The number of esters is 1. The summed E-state index contributed by atoms with van der Waals surface area (Å²) in [6, 6.07) is 27.0. The van der Waals surface area contributed by atoms with Crippen molar-refractivity contribution in [2.75, 3.05) is 20.8 Å². The van der Waals surface area contributed by atoms with Crippen LogP contribution in [0.2, 0.25) is 0 Å². The van der Waals surface area contributed by atoms with E-state index in [1.54, 1.807) is 6.92 Å². The Hall–Kier alpha value is -3.84. The van der Waals surface area contributed by atoms with Gasteiger partial charge in [-0.3, -0.25) is 4.79 Å². The SMILES string of the molecule is COC(=O)N[C@H]1[C@@H](O[C@H](C)[C@H](N)C(=O)OC)O[C@H](COCc2ccccc2)[C@H](OCc2ccccc2)[C@@H]1OCc1ccccc1. The summed E-state index contributed by atoms with van der Waals surface area (Å²) in [5, 5.41) is 2.81. The first-order valence-corrected chi connectivity index (χ1v) is 14.8. The molecule has 1 fully saturated rings. The average molecular weight is 623 g/mol. The van der Waals surface area contributed by atoms with Crippen molar-refractivity contribution in [3.05, 3.63) is 108 Å². The predicted molar refractivity (Wildman–Crippen MR) is 165 cm³/mol. The van der Waals surface area contributed by atoms with Gasteiger partial charge in [0.05, 0.1) is 46.8 Å². The molecule has 11 nitrogen and oxygen atoms in total. The molecule has 0 aromatic heterocycles. The lowest BCUT2D eigenvalue weighted by Gasteiger charge is -2.46. The van der Waals surface area contributed by atoms with Gasteiger partial charge >= 0.3 is 12.1 Å². The Kier molecular flexibility index (Phi) is 13.3. The number of nitrogens with two attached hydrogens (primary N) is 1. The van der Waals surface area contributed by atoms with E-state index in [2.05, 4.69) is 5.32 Å². The largest absolute Gasteiger partial charge is 0.468 e. The zero-order valence-electron chi connectivity index (χ0n) is 25.8. The van der Waals surface area contributed by atoms with Crippen LogP contribution < -0.4 is 11.1 Å². The lowest BCUT2D eigenvalue weighted by Crippen LogP contribution is -2.67. The monoisotopic (exact) mass is 622 g/mol. The number of hydrogen-bond acceptors (Lipinski definition) is 10. The van der Waals surface area contributed by atoms with Gasteiger partial charge in [0.2, 0.25) is 0 Å². The van der Waals surface area contributed by atoms with Crippen LogP contribution in [0.15, 0.2) is 91.0 Å². The molecular formula is C34H42N2O9. The Labute approximate surface area is 263 Å². The minimum atomic E-state index is -1.13. The van der Waals surface area contributed by atoms with E-state index in [-0.39, 0.29) is 19.8 Å². The number of carbonyl (C=O) groups excluding carboxylic acids is 2. The van der Waals surface area contributed by atoms with E-state index in [1.807, 2.05) is 91.0 Å². The summed E-state index contributed by atoms with van der Waals surface area (Å²) < 4.78 is 41.6. The smallest absolute Gasteiger partial charge is 0.407 e. The van der Waals surface area contributed by atoms with Crippen molar-refractivity contribution < 1.29 is 42.7 Å². The van der Waals surface area contributed by atoms with E-state index in [0.717, 1.165) is 16.7 Å². The minimum Gasteiger partial charge on any atom is -0.468 e. The molecule has 0 radical (unpaired) electrons. The Morgan fingerprint density at radius 1 is 0.778 bits per heavy atom. The van der Waals surface area contributed by atoms with Gasteiger partial charge in [-0.15, -0.1) is 0 Å². The number of ether oxygens (including phenoxy) is 7. The summed E-state index contributed by atoms with van der Waals surface area (Å²) >= 11 is 0. The number of nitrogens with one attached hydrogen (secondary N) is 1. The van der Waals surface area contributed by atoms with Crippen LogP contribution in [-0.4, -0.2) is 75.7 Å². The van der Waals surface area contributed by atoms with Crippen LogP contribution in [0.25, 0.3) is 0 Å². The van der Waals surface area contributed by atoms with Crippen LogP contribution in [0.3, 0.4) is 0 Å². The molecule has 0 unspecified atom stereocenters. The van der Waals surface area contributed by atoms with Crippen LogP contribution in [0, 0.1) is 0 Å². The first kappa shape index (κ1) is 34.0. The van der Waals surface area contributed by atoms with Gasteiger partial charge in [0.25, 0.3) is 0 Å². The van der Waals surface area contributed by atoms with Gasteiger partial charge in [-0.2, -0.15) is 0 Å². The molecule has 3 aromatic carbocycles. The first-order chi connectivity index (χ1) is 21.9. The van der Waals surface area contributed by atoms with E-state index >= 15 is 0 Å². The molecule has 242 valence electrons. The molecule has 0 aliphatic carbocycles. The van der Waals surface area contributed by atoms with Gasteiger partial charge in [-0.05, 0) is 23.6 Å². The maximum Gasteiger partial charge on any atom is 0.407 e. The van der Waals surface area contributed by atoms with Gasteiger partial charge < -0.3 is 44.2 Å². The Bertz CT molecular complexity index is 1300. The van der Waals surface area contributed by atoms with Gasteiger partial charge in [0, 0.05) is 0 Å². The van der Waals surface area contributed by atoms with Crippen LogP contribution >= 0.6 is 0 Å². The van der Waals surface area contributed by atoms with Crippen LogP contribution in [0.1, 0.15) is 23.6 Å². The van der Waals surface area contributed by atoms with E-state index in [4.69, 9.17) is 38.9 Å². The molecule has 0 saturated carbocycles. The van der Waals surface area contributed by atoms with Crippen LogP contribution in [0.5, 0.6) is 0 Å². The average Bonchev–Trinajstić information content (AvgIpc) is 3.08. The number of amides is 1. The molecule has 7 atom stereocenters. The highest BCUT2D eigenvalue weighted by atomic mass is 16.7. The van der Waals surface area contributed by atoms with Crippen molar-refractivity contribution in [1.29, 1.82) is 0 Å². The molecule has 0 bridgehead atoms. The zero-order chi connectivity index (χ0) is 32.0. The lowest BCUT2D eigenvalue weighted by atomic mass is 9.95. The summed E-state index contributed by atoms with van der Waals surface area (Å²) in [5.41, 5.74) is 8.95. The van der Waals surface area contributed by atoms with E-state index in [9.17, 15) is 9.59 Å². The third kappa shape index (κ3) is 10.1. The fraction of sp³-hybridized carbons (Fsp3) is 0.412. The fourth-order valence-corrected chi connectivity index (χ4v) is 4.93.